The largest absolute Gasteiger partial charge is 0.375 e. The van der Waals surface area contributed by atoms with Gasteiger partial charge < -0.3 is 4.90 Å². The molecule has 0 aliphatic rings. The minimum atomic E-state index is 1.18. The summed E-state index contributed by atoms with van der Waals surface area (Å²) in [6.07, 6.45) is 9.69. The van der Waals surface area contributed by atoms with Crippen LogP contribution in [0.25, 0.3) is 0 Å². The van der Waals surface area contributed by atoms with Gasteiger partial charge >= 0.3 is 0 Å². The normalized spacial score (nSPS) is 10.5. The lowest BCUT2D eigenvalue weighted by atomic mass is 10.1. The topological polar surface area (TPSA) is 3.24 Å². The van der Waals surface area contributed by atoms with Gasteiger partial charge in [0, 0.05) is 19.3 Å². The van der Waals surface area contributed by atoms with Crippen LogP contribution in [-0.2, 0) is 0 Å². The summed E-state index contributed by atoms with van der Waals surface area (Å²) in [4.78, 5) is 2.35. The van der Waals surface area contributed by atoms with Gasteiger partial charge in [0.2, 0.25) is 0 Å². The Morgan fingerprint density at radius 1 is 0.824 bits per heavy atom. The first-order valence-electron chi connectivity index (χ1n) is 7.10. The van der Waals surface area contributed by atoms with Crippen LogP contribution in [0.1, 0.15) is 51.9 Å². The summed E-state index contributed by atoms with van der Waals surface area (Å²) in [5.74, 6) is 0. The van der Waals surface area contributed by atoms with Crippen LogP contribution >= 0.6 is 0 Å². The molecule has 17 heavy (non-hydrogen) atoms. The number of anilines is 1. The van der Waals surface area contributed by atoms with Crippen LogP contribution < -0.4 is 4.90 Å². The van der Waals surface area contributed by atoms with E-state index in [-0.39, 0.29) is 0 Å². The van der Waals surface area contributed by atoms with Gasteiger partial charge in [-0.1, -0.05) is 63.6 Å². The fourth-order valence-electron chi connectivity index (χ4n) is 2.12. The molecule has 96 valence electrons. The van der Waals surface area contributed by atoms with Crippen LogP contribution in [0.5, 0.6) is 0 Å². The highest BCUT2D eigenvalue weighted by atomic mass is 15.1. The van der Waals surface area contributed by atoms with Gasteiger partial charge in [0.1, 0.15) is 0 Å². The van der Waals surface area contributed by atoms with Crippen LogP contribution in [0.15, 0.2) is 30.3 Å². The smallest absolute Gasteiger partial charge is 0.0363 e. The zero-order valence-electron chi connectivity index (χ0n) is 11.5. The summed E-state index contributed by atoms with van der Waals surface area (Å²) >= 11 is 0. The molecule has 0 bridgehead atoms. The summed E-state index contributed by atoms with van der Waals surface area (Å²) in [5.41, 5.74) is 1.33. The lowest BCUT2D eigenvalue weighted by molar-refractivity contribution is 0.589. The predicted octanol–water partition coefficient (Wildman–Crippen LogP) is 4.87. The van der Waals surface area contributed by atoms with Crippen molar-refractivity contribution in [2.45, 2.75) is 51.9 Å². The van der Waals surface area contributed by atoms with Crippen molar-refractivity contribution >= 4 is 5.69 Å². The van der Waals surface area contributed by atoms with Crippen molar-refractivity contribution in [3.63, 3.8) is 0 Å². The lowest BCUT2D eigenvalue weighted by Gasteiger charge is -2.18. The summed E-state index contributed by atoms with van der Waals surface area (Å²) in [7, 11) is 2.19. The molecule has 1 aromatic rings. The van der Waals surface area contributed by atoms with E-state index < -0.39 is 0 Å². The summed E-state index contributed by atoms with van der Waals surface area (Å²) in [5, 5.41) is 0. The summed E-state index contributed by atoms with van der Waals surface area (Å²) < 4.78 is 0. The zero-order chi connectivity index (χ0) is 12.3. The van der Waals surface area contributed by atoms with Gasteiger partial charge in [0.15, 0.2) is 0 Å². The molecule has 1 heteroatoms. The molecule has 0 aliphatic carbocycles. The van der Waals surface area contributed by atoms with Gasteiger partial charge in [-0.25, -0.2) is 0 Å². The van der Waals surface area contributed by atoms with Crippen LogP contribution in [0.3, 0.4) is 0 Å². The maximum Gasteiger partial charge on any atom is 0.0363 e. The second-order valence-electron chi connectivity index (χ2n) is 4.88. The van der Waals surface area contributed by atoms with Crippen molar-refractivity contribution in [2.24, 2.45) is 0 Å². The molecule has 0 unspecified atom stereocenters. The van der Waals surface area contributed by atoms with Crippen LogP contribution in [0.2, 0.25) is 0 Å². The molecular formula is C16H27N. The van der Waals surface area contributed by atoms with Crippen LogP contribution in [-0.4, -0.2) is 13.6 Å². The van der Waals surface area contributed by atoms with Gasteiger partial charge in [-0.15, -0.1) is 0 Å². The van der Waals surface area contributed by atoms with E-state index in [1.807, 2.05) is 0 Å². The molecule has 0 aromatic heterocycles. The van der Waals surface area contributed by atoms with E-state index >= 15 is 0 Å². The fourth-order valence-corrected chi connectivity index (χ4v) is 2.12. The number of rotatable bonds is 9. The maximum absolute atomic E-state index is 2.35. The van der Waals surface area contributed by atoms with E-state index in [1.54, 1.807) is 0 Å². The molecule has 0 N–H and O–H groups in total. The molecule has 0 heterocycles. The quantitative estimate of drug-likeness (QED) is 0.550. The second-order valence-corrected chi connectivity index (χ2v) is 4.88. The van der Waals surface area contributed by atoms with Gasteiger partial charge in [-0.2, -0.15) is 0 Å². The van der Waals surface area contributed by atoms with Gasteiger partial charge in [-0.3, -0.25) is 0 Å². The Hall–Kier alpha value is -0.980. The molecule has 0 spiro atoms. The number of benzene rings is 1. The molecule has 1 rings (SSSR count). The lowest BCUT2D eigenvalue weighted by Crippen LogP contribution is -2.18. The number of nitrogens with zero attached hydrogens (tertiary/aromatic N) is 1. The third-order valence-corrected chi connectivity index (χ3v) is 3.29. The van der Waals surface area contributed by atoms with E-state index in [9.17, 15) is 0 Å². The molecular weight excluding hydrogens is 206 g/mol. The molecule has 0 fully saturated rings. The minimum absolute atomic E-state index is 1.18. The standard InChI is InChI=1S/C16H27N/c1-3-4-5-6-7-8-12-15-17(2)16-13-10-9-11-14-16/h9-11,13-14H,3-8,12,15H2,1-2H3. The summed E-state index contributed by atoms with van der Waals surface area (Å²) in [6, 6.07) is 10.7. The molecule has 0 aliphatic heterocycles. The average Bonchev–Trinajstić information content (AvgIpc) is 2.38. The Bertz CT molecular complexity index is 268. The highest BCUT2D eigenvalue weighted by Gasteiger charge is 1.98. The zero-order valence-corrected chi connectivity index (χ0v) is 11.5. The van der Waals surface area contributed by atoms with E-state index in [1.165, 1.54) is 57.2 Å². The molecule has 1 nitrogen and oxygen atoms in total. The van der Waals surface area contributed by atoms with Crippen LogP contribution in [0.4, 0.5) is 5.69 Å². The Morgan fingerprint density at radius 2 is 1.41 bits per heavy atom. The Labute approximate surface area is 107 Å². The molecule has 1 aromatic carbocycles. The fraction of sp³-hybridized carbons (Fsp3) is 0.625. The molecule has 0 saturated carbocycles. The first-order valence-corrected chi connectivity index (χ1v) is 7.10. The summed E-state index contributed by atoms with van der Waals surface area (Å²) in [6.45, 7) is 3.45. The monoisotopic (exact) mass is 233 g/mol. The van der Waals surface area contributed by atoms with Gasteiger partial charge in [-0.05, 0) is 18.6 Å². The van der Waals surface area contributed by atoms with Crippen molar-refractivity contribution in [3.05, 3.63) is 30.3 Å². The van der Waals surface area contributed by atoms with Crippen molar-refractivity contribution in [2.75, 3.05) is 18.5 Å². The Morgan fingerprint density at radius 3 is 2.06 bits per heavy atom. The average molecular weight is 233 g/mol. The number of hydrogen-bond acceptors (Lipinski definition) is 1. The molecule has 0 radical (unpaired) electrons. The highest BCUT2D eigenvalue weighted by molar-refractivity contribution is 5.44. The van der Waals surface area contributed by atoms with E-state index in [0.717, 1.165) is 0 Å². The minimum Gasteiger partial charge on any atom is -0.375 e. The van der Waals surface area contributed by atoms with Crippen molar-refractivity contribution in [1.82, 2.24) is 0 Å². The maximum atomic E-state index is 2.35. The molecule has 0 saturated heterocycles. The molecule has 0 atom stereocenters. The number of para-hydroxylation sites is 1. The third-order valence-electron chi connectivity index (χ3n) is 3.29. The van der Waals surface area contributed by atoms with E-state index in [2.05, 4.69) is 49.2 Å². The SMILES string of the molecule is CCCCCCCCCN(C)c1ccccc1. The number of hydrogen-bond donors (Lipinski definition) is 0. The van der Waals surface area contributed by atoms with Gasteiger partial charge in [0.25, 0.3) is 0 Å². The van der Waals surface area contributed by atoms with Gasteiger partial charge in [0.05, 0.1) is 0 Å². The number of unbranched alkanes of at least 4 members (excludes halogenated alkanes) is 6. The van der Waals surface area contributed by atoms with E-state index in [4.69, 9.17) is 0 Å². The first-order chi connectivity index (χ1) is 8.34. The Balaban J connectivity index is 2.03. The van der Waals surface area contributed by atoms with Crippen LogP contribution in [0, 0.1) is 0 Å². The third kappa shape index (κ3) is 6.35. The van der Waals surface area contributed by atoms with Crippen molar-refractivity contribution in [3.8, 4) is 0 Å². The molecule has 0 amide bonds. The first kappa shape index (κ1) is 14.1. The van der Waals surface area contributed by atoms with E-state index in [0.29, 0.717) is 0 Å². The predicted molar refractivity (Wildman–Crippen MR) is 77.7 cm³/mol. The second kappa shape index (κ2) is 9.09. The Kier molecular flexibility index (Phi) is 7.53. The van der Waals surface area contributed by atoms with Crippen molar-refractivity contribution in [1.29, 1.82) is 0 Å². The highest BCUT2D eigenvalue weighted by Crippen LogP contribution is 2.13. The van der Waals surface area contributed by atoms with Crippen molar-refractivity contribution < 1.29 is 0 Å².